The predicted molar refractivity (Wildman–Crippen MR) is 101 cm³/mol. The summed E-state index contributed by atoms with van der Waals surface area (Å²) >= 11 is 0. The topological polar surface area (TPSA) is 127 Å². The summed E-state index contributed by atoms with van der Waals surface area (Å²) in [5.41, 5.74) is 2.10. The molecule has 0 spiro atoms. The number of aromatic nitrogens is 5. The number of benzene rings is 1. The van der Waals surface area contributed by atoms with Crippen LogP contribution in [0.2, 0.25) is 0 Å². The number of imidazole rings is 2. The van der Waals surface area contributed by atoms with E-state index < -0.39 is 4.92 Å². The van der Waals surface area contributed by atoms with Crippen molar-refractivity contribution in [2.24, 2.45) is 0 Å². The Morgan fingerprint density at radius 1 is 1.14 bits per heavy atom. The molecule has 0 bridgehead atoms. The number of hydrogen-bond acceptors (Lipinski definition) is 8. The van der Waals surface area contributed by atoms with Crippen molar-refractivity contribution in [2.75, 3.05) is 13.2 Å². The number of fused-ring (bicyclic) bond motifs is 3. The van der Waals surface area contributed by atoms with E-state index in [0.717, 1.165) is 0 Å². The SMILES string of the molecule is CC(=O)OCCOCn1cnc2c1ncn1c([N+](=O)[O-])c(-c3ccccc3)nc21. The van der Waals surface area contributed by atoms with Crippen LogP contribution in [-0.2, 0) is 21.0 Å². The van der Waals surface area contributed by atoms with Crippen molar-refractivity contribution in [1.29, 1.82) is 0 Å². The molecule has 0 atom stereocenters. The van der Waals surface area contributed by atoms with Crippen LogP contribution < -0.4 is 0 Å². The van der Waals surface area contributed by atoms with E-state index in [1.165, 1.54) is 24.0 Å². The Morgan fingerprint density at radius 3 is 2.66 bits per heavy atom. The minimum atomic E-state index is -0.481. The Hall–Kier alpha value is -3.86. The van der Waals surface area contributed by atoms with Gasteiger partial charge in [-0.3, -0.25) is 9.36 Å². The third-order valence-corrected chi connectivity index (χ3v) is 4.19. The second kappa shape index (κ2) is 7.64. The highest BCUT2D eigenvalue weighted by Crippen LogP contribution is 2.32. The molecule has 0 amide bonds. The lowest BCUT2D eigenvalue weighted by Gasteiger charge is -2.05. The summed E-state index contributed by atoms with van der Waals surface area (Å²) in [6, 6.07) is 8.93. The first-order valence-corrected chi connectivity index (χ1v) is 8.69. The first-order valence-electron chi connectivity index (χ1n) is 8.69. The van der Waals surface area contributed by atoms with E-state index in [9.17, 15) is 14.9 Å². The predicted octanol–water partition coefficient (Wildman–Crippen LogP) is 2.19. The molecular weight excluding hydrogens is 380 g/mol. The fraction of sp³-hybridized carbons (Fsp3) is 0.222. The molecule has 0 saturated carbocycles. The summed E-state index contributed by atoms with van der Waals surface area (Å²) in [6.45, 7) is 1.82. The zero-order valence-electron chi connectivity index (χ0n) is 15.4. The van der Waals surface area contributed by atoms with Gasteiger partial charge in [-0.25, -0.2) is 4.98 Å². The summed E-state index contributed by atoms with van der Waals surface area (Å²) in [7, 11) is 0. The summed E-state index contributed by atoms with van der Waals surface area (Å²) in [6.07, 6.45) is 2.87. The minimum Gasteiger partial charge on any atom is -0.463 e. The van der Waals surface area contributed by atoms with E-state index in [2.05, 4.69) is 15.0 Å². The normalized spacial score (nSPS) is 11.2. The molecule has 4 aromatic rings. The van der Waals surface area contributed by atoms with Crippen LogP contribution in [0.5, 0.6) is 0 Å². The molecule has 29 heavy (non-hydrogen) atoms. The molecule has 0 aliphatic heterocycles. The van der Waals surface area contributed by atoms with Crippen LogP contribution in [0.15, 0.2) is 43.0 Å². The number of ether oxygens (including phenoxy) is 2. The second-order valence-corrected chi connectivity index (χ2v) is 6.11. The highest BCUT2D eigenvalue weighted by molar-refractivity contribution is 5.88. The number of rotatable bonds is 7. The zero-order chi connectivity index (χ0) is 20.4. The van der Waals surface area contributed by atoms with E-state index in [1.807, 2.05) is 6.07 Å². The molecule has 0 aliphatic rings. The van der Waals surface area contributed by atoms with Crippen molar-refractivity contribution in [2.45, 2.75) is 13.7 Å². The van der Waals surface area contributed by atoms with Gasteiger partial charge >= 0.3 is 11.8 Å². The molecule has 3 heterocycles. The van der Waals surface area contributed by atoms with Gasteiger partial charge in [-0.2, -0.15) is 14.4 Å². The van der Waals surface area contributed by atoms with E-state index in [0.29, 0.717) is 22.4 Å². The average Bonchev–Trinajstić information content (AvgIpc) is 3.29. The molecule has 11 heteroatoms. The monoisotopic (exact) mass is 396 g/mol. The van der Waals surface area contributed by atoms with Crippen molar-refractivity contribution in [3.05, 3.63) is 53.1 Å². The molecule has 0 radical (unpaired) electrons. The van der Waals surface area contributed by atoms with E-state index in [1.54, 1.807) is 28.8 Å². The molecule has 0 unspecified atom stereocenters. The Balaban J connectivity index is 1.70. The highest BCUT2D eigenvalue weighted by atomic mass is 16.6. The zero-order valence-corrected chi connectivity index (χ0v) is 15.4. The van der Waals surface area contributed by atoms with Gasteiger partial charge in [0.25, 0.3) is 5.65 Å². The van der Waals surface area contributed by atoms with Crippen LogP contribution in [0, 0.1) is 10.1 Å². The summed E-state index contributed by atoms with van der Waals surface area (Å²) in [5.74, 6) is -0.548. The summed E-state index contributed by atoms with van der Waals surface area (Å²) < 4.78 is 13.2. The van der Waals surface area contributed by atoms with Gasteiger partial charge in [-0.1, -0.05) is 30.3 Å². The van der Waals surface area contributed by atoms with Crippen LogP contribution in [0.1, 0.15) is 6.92 Å². The maximum Gasteiger partial charge on any atom is 0.357 e. The maximum absolute atomic E-state index is 11.7. The molecule has 0 fully saturated rings. The average molecular weight is 396 g/mol. The third-order valence-electron chi connectivity index (χ3n) is 4.19. The lowest BCUT2D eigenvalue weighted by molar-refractivity contribution is -0.389. The Labute approximate surface area is 163 Å². The number of nitrogens with zero attached hydrogens (tertiary/aromatic N) is 6. The van der Waals surface area contributed by atoms with Crippen molar-refractivity contribution in [3.63, 3.8) is 0 Å². The Kier molecular flexibility index (Phi) is 4.87. The first-order chi connectivity index (χ1) is 14.1. The standard InChI is InChI=1S/C18H16N6O5/c1-12(25)29-8-7-28-11-22-9-19-15-16(22)20-10-23-17(15)21-14(18(23)24(26)27)13-5-3-2-4-6-13/h2-6,9-10H,7-8,11H2,1H3. The summed E-state index contributed by atoms with van der Waals surface area (Å²) in [5, 5.41) is 11.7. The molecule has 11 nitrogen and oxygen atoms in total. The number of hydrogen-bond donors (Lipinski definition) is 0. The fourth-order valence-electron chi connectivity index (χ4n) is 2.95. The van der Waals surface area contributed by atoms with Crippen molar-refractivity contribution >= 4 is 28.6 Å². The van der Waals surface area contributed by atoms with Gasteiger partial charge in [0, 0.05) is 12.5 Å². The van der Waals surface area contributed by atoms with E-state index >= 15 is 0 Å². The van der Waals surface area contributed by atoms with Crippen LogP contribution in [0.3, 0.4) is 0 Å². The van der Waals surface area contributed by atoms with Crippen LogP contribution in [-0.4, -0.2) is 48.0 Å². The van der Waals surface area contributed by atoms with Crippen molar-refractivity contribution in [1.82, 2.24) is 23.9 Å². The quantitative estimate of drug-likeness (QED) is 0.201. The molecule has 1 aromatic carbocycles. The minimum absolute atomic E-state index is 0.134. The Morgan fingerprint density at radius 2 is 1.93 bits per heavy atom. The van der Waals surface area contributed by atoms with Crippen LogP contribution in [0.4, 0.5) is 5.82 Å². The third kappa shape index (κ3) is 3.50. The molecule has 3 aromatic heterocycles. The lowest BCUT2D eigenvalue weighted by Crippen LogP contribution is -2.10. The van der Waals surface area contributed by atoms with Gasteiger partial charge in [0.15, 0.2) is 23.2 Å². The number of nitro groups is 1. The first kappa shape index (κ1) is 18.5. The van der Waals surface area contributed by atoms with Gasteiger partial charge in [0.2, 0.25) is 0 Å². The van der Waals surface area contributed by atoms with Gasteiger partial charge in [-0.05, 0) is 4.92 Å². The van der Waals surface area contributed by atoms with Crippen molar-refractivity contribution in [3.8, 4) is 11.3 Å². The molecular formula is C18H16N6O5. The van der Waals surface area contributed by atoms with Gasteiger partial charge in [0.05, 0.1) is 12.9 Å². The second-order valence-electron chi connectivity index (χ2n) is 6.11. The van der Waals surface area contributed by atoms with Gasteiger partial charge in [-0.15, -0.1) is 0 Å². The number of carbonyl (C=O) groups excluding carboxylic acids is 1. The largest absolute Gasteiger partial charge is 0.463 e. The summed E-state index contributed by atoms with van der Waals surface area (Å²) in [4.78, 5) is 35.1. The maximum atomic E-state index is 11.7. The van der Waals surface area contributed by atoms with Gasteiger partial charge < -0.3 is 19.6 Å². The fourth-order valence-corrected chi connectivity index (χ4v) is 2.95. The number of esters is 1. The van der Waals surface area contributed by atoms with E-state index in [4.69, 9.17) is 9.47 Å². The Bertz CT molecular complexity index is 1200. The highest BCUT2D eigenvalue weighted by Gasteiger charge is 2.27. The van der Waals surface area contributed by atoms with Crippen LogP contribution in [0.25, 0.3) is 28.1 Å². The molecule has 0 aliphatic carbocycles. The van der Waals surface area contributed by atoms with Crippen LogP contribution >= 0.6 is 0 Å². The lowest BCUT2D eigenvalue weighted by atomic mass is 10.1. The van der Waals surface area contributed by atoms with Crippen molar-refractivity contribution < 1.29 is 19.2 Å². The van der Waals surface area contributed by atoms with E-state index in [-0.39, 0.29) is 37.4 Å². The van der Waals surface area contributed by atoms with Gasteiger partial charge in [0.1, 0.15) is 13.3 Å². The molecule has 0 saturated heterocycles. The molecule has 0 N–H and O–H groups in total. The molecule has 4 rings (SSSR count). The molecule has 148 valence electrons. The smallest absolute Gasteiger partial charge is 0.357 e. The number of carbonyl (C=O) groups is 1.